The van der Waals surface area contributed by atoms with Gasteiger partial charge in [-0.2, -0.15) is 0 Å². The van der Waals surface area contributed by atoms with E-state index in [1.54, 1.807) is 51.7 Å². The van der Waals surface area contributed by atoms with Gasteiger partial charge in [0.25, 0.3) is 0 Å². The van der Waals surface area contributed by atoms with Gasteiger partial charge in [-0.1, -0.05) is 24.4 Å². The normalized spacial score (nSPS) is 16.6. The summed E-state index contributed by atoms with van der Waals surface area (Å²) in [5, 5.41) is 5.40. The molecule has 2 aromatic rings. The molecule has 1 aromatic heterocycles. The fraction of sp³-hybridized carbons (Fsp3) is 0.269. The summed E-state index contributed by atoms with van der Waals surface area (Å²) in [4.78, 5) is 32.6. The molecule has 1 unspecified atom stereocenters. The van der Waals surface area contributed by atoms with Crippen LogP contribution in [0.4, 0.5) is 0 Å². The Bertz CT molecular complexity index is 1250. The highest BCUT2D eigenvalue weighted by molar-refractivity contribution is 8.16. The molecule has 0 spiro atoms. The summed E-state index contributed by atoms with van der Waals surface area (Å²) in [6, 6.07) is 8.33. The Kier molecular flexibility index (Phi) is 7.84. The van der Waals surface area contributed by atoms with Crippen molar-refractivity contribution in [3.63, 3.8) is 0 Å². The molecular weight excluding hydrogens is 482 g/mol. The number of allylic oxidation sites excluding steroid dienone is 1. The van der Waals surface area contributed by atoms with Gasteiger partial charge in [-0.25, -0.2) is 9.79 Å². The summed E-state index contributed by atoms with van der Waals surface area (Å²) in [5.41, 5.74) is 2.29. The third-order valence-electron chi connectivity index (χ3n) is 5.67. The standard InChI is InChI=1S/C26H27N3O6S/c1-5-10-35-25(31)23-16(2)28-26-29(24(23)20-9-8-18(32-3)13-21(20)33-4)17(15-36-26)12-22(30)27-14-19-7-6-11-34-19/h5-9,11,13,15,24H,1,10,12,14H2,2-4H3,(H,27,30). The number of hydrogen-bond acceptors (Lipinski definition) is 9. The minimum absolute atomic E-state index is 0.0608. The highest BCUT2D eigenvalue weighted by Gasteiger charge is 2.42. The molecule has 0 aliphatic carbocycles. The first kappa shape index (κ1) is 25.2. The van der Waals surface area contributed by atoms with Crippen molar-refractivity contribution in [1.29, 1.82) is 0 Å². The van der Waals surface area contributed by atoms with Gasteiger partial charge in [0.05, 0.1) is 50.8 Å². The molecule has 0 saturated carbocycles. The molecular formula is C26H27N3O6S. The summed E-state index contributed by atoms with van der Waals surface area (Å²) >= 11 is 1.39. The molecule has 0 fully saturated rings. The second kappa shape index (κ2) is 11.2. The average molecular weight is 510 g/mol. The van der Waals surface area contributed by atoms with Gasteiger partial charge < -0.3 is 28.8 Å². The van der Waals surface area contributed by atoms with E-state index in [-0.39, 0.29) is 25.5 Å². The molecule has 0 bridgehead atoms. The molecule has 4 rings (SSSR count). The van der Waals surface area contributed by atoms with Gasteiger partial charge in [0.15, 0.2) is 5.17 Å². The topological polar surface area (TPSA) is 103 Å². The Morgan fingerprint density at radius 1 is 1.28 bits per heavy atom. The minimum atomic E-state index is -0.630. The van der Waals surface area contributed by atoms with Gasteiger partial charge in [-0.3, -0.25) is 4.79 Å². The van der Waals surface area contributed by atoms with E-state index in [0.717, 1.165) is 0 Å². The number of fused-ring (bicyclic) bond motifs is 1. The highest BCUT2D eigenvalue weighted by atomic mass is 32.2. The predicted molar refractivity (Wildman–Crippen MR) is 136 cm³/mol. The molecule has 1 N–H and O–H groups in total. The molecule has 188 valence electrons. The zero-order chi connectivity index (χ0) is 25.7. The lowest BCUT2D eigenvalue weighted by atomic mass is 9.93. The molecule has 10 heteroatoms. The van der Waals surface area contributed by atoms with Crippen molar-refractivity contribution >= 4 is 28.8 Å². The number of carbonyl (C=O) groups is 2. The summed E-state index contributed by atoms with van der Waals surface area (Å²) < 4.78 is 21.7. The van der Waals surface area contributed by atoms with E-state index in [2.05, 4.69) is 16.9 Å². The zero-order valence-electron chi connectivity index (χ0n) is 20.3. The maximum atomic E-state index is 13.2. The summed E-state index contributed by atoms with van der Waals surface area (Å²) in [6.45, 7) is 5.74. The van der Waals surface area contributed by atoms with Crippen LogP contribution < -0.4 is 14.8 Å². The van der Waals surface area contributed by atoms with Crippen LogP contribution in [-0.2, 0) is 20.9 Å². The lowest BCUT2D eigenvalue weighted by molar-refractivity contribution is -0.138. The zero-order valence-corrected chi connectivity index (χ0v) is 21.1. The Balaban J connectivity index is 1.69. The van der Waals surface area contributed by atoms with Crippen molar-refractivity contribution in [3.05, 3.63) is 82.9 Å². The molecule has 36 heavy (non-hydrogen) atoms. The van der Waals surface area contributed by atoms with Crippen LogP contribution in [0.15, 0.2) is 81.0 Å². The number of hydrogen-bond donors (Lipinski definition) is 1. The quantitative estimate of drug-likeness (QED) is 0.373. The number of thioether (sulfide) groups is 1. The number of esters is 1. The average Bonchev–Trinajstić information content (AvgIpc) is 3.55. The third-order valence-corrected chi connectivity index (χ3v) is 6.56. The number of nitrogens with zero attached hydrogens (tertiary/aromatic N) is 2. The van der Waals surface area contributed by atoms with E-state index in [9.17, 15) is 9.59 Å². The van der Waals surface area contributed by atoms with Crippen molar-refractivity contribution in [2.45, 2.75) is 25.9 Å². The van der Waals surface area contributed by atoms with Crippen molar-refractivity contribution in [2.24, 2.45) is 4.99 Å². The molecule has 0 saturated heterocycles. The number of amides is 1. The number of carbonyl (C=O) groups excluding carboxylic acids is 2. The number of rotatable bonds is 10. The SMILES string of the molecule is C=CCOC(=O)C1=C(C)N=C2SC=C(CC(=O)NCc3ccco3)N2C1c1ccc(OC)cc1OC. The fourth-order valence-corrected chi connectivity index (χ4v) is 4.97. The van der Waals surface area contributed by atoms with E-state index in [1.165, 1.54) is 17.8 Å². The van der Waals surface area contributed by atoms with Gasteiger partial charge >= 0.3 is 5.97 Å². The Labute approximate surface area is 213 Å². The third kappa shape index (κ3) is 5.18. The van der Waals surface area contributed by atoms with Crippen LogP contribution in [0.1, 0.15) is 30.7 Å². The largest absolute Gasteiger partial charge is 0.497 e. The van der Waals surface area contributed by atoms with E-state index in [0.29, 0.717) is 45.0 Å². The maximum absolute atomic E-state index is 13.2. The Morgan fingerprint density at radius 2 is 2.11 bits per heavy atom. The summed E-state index contributed by atoms with van der Waals surface area (Å²) in [6.07, 6.45) is 3.15. The fourth-order valence-electron chi connectivity index (χ4n) is 4.01. The van der Waals surface area contributed by atoms with Crippen LogP contribution in [-0.4, -0.2) is 42.8 Å². The summed E-state index contributed by atoms with van der Waals surface area (Å²) in [7, 11) is 3.13. The molecule has 1 amide bonds. The van der Waals surface area contributed by atoms with Gasteiger partial charge in [0, 0.05) is 17.3 Å². The first-order chi connectivity index (χ1) is 17.5. The van der Waals surface area contributed by atoms with E-state index < -0.39 is 12.0 Å². The van der Waals surface area contributed by atoms with Crippen molar-refractivity contribution in [1.82, 2.24) is 10.2 Å². The van der Waals surface area contributed by atoms with Gasteiger partial charge in [-0.05, 0) is 36.6 Å². The Hall–Kier alpha value is -3.92. The maximum Gasteiger partial charge on any atom is 0.338 e. The van der Waals surface area contributed by atoms with Crippen LogP contribution in [0.2, 0.25) is 0 Å². The van der Waals surface area contributed by atoms with Crippen LogP contribution in [0.5, 0.6) is 11.5 Å². The first-order valence-electron chi connectivity index (χ1n) is 11.2. The molecule has 9 nitrogen and oxygen atoms in total. The van der Waals surface area contributed by atoms with Gasteiger partial charge in [-0.15, -0.1) is 0 Å². The molecule has 1 aromatic carbocycles. The number of ether oxygens (including phenoxy) is 3. The molecule has 0 radical (unpaired) electrons. The van der Waals surface area contributed by atoms with Crippen molar-refractivity contribution in [3.8, 4) is 11.5 Å². The number of methoxy groups -OCH3 is 2. The number of benzene rings is 1. The molecule has 2 aliphatic rings. The molecule has 2 aliphatic heterocycles. The minimum Gasteiger partial charge on any atom is -0.497 e. The second-order valence-electron chi connectivity index (χ2n) is 7.92. The molecule has 3 heterocycles. The molecule has 1 atom stereocenters. The van der Waals surface area contributed by atoms with E-state index in [1.807, 2.05) is 16.4 Å². The monoisotopic (exact) mass is 509 g/mol. The van der Waals surface area contributed by atoms with Crippen molar-refractivity contribution in [2.75, 3.05) is 20.8 Å². The van der Waals surface area contributed by atoms with Gasteiger partial charge in [0.1, 0.15) is 23.9 Å². The number of aliphatic imine (C=N–C) groups is 1. The van der Waals surface area contributed by atoms with E-state index >= 15 is 0 Å². The highest BCUT2D eigenvalue weighted by Crippen LogP contribution is 2.47. The van der Waals surface area contributed by atoms with Crippen LogP contribution >= 0.6 is 11.8 Å². The van der Waals surface area contributed by atoms with Crippen LogP contribution in [0.25, 0.3) is 0 Å². The summed E-state index contributed by atoms with van der Waals surface area (Å²) in [5.74, 6) is 1.09. The number of amidine groups is 1. The predicted octanol–water partition coefficient (Wildman–Crippen LogP) is 4.31. The number of nitrogens with one attached hydrogen (secondary N) is 1. The van der Waals surface area contributed by atoms with Crippen molar-refractivity contribution < 1.29 is 28.2 Å². The van der Waals surface area contributed by atoms with Crippen LogP contribution in [0, 0.1) is 0 Å². The van der Waals surface area contributed by atoms with Crippen LogP contribution in [0.3, 0.4) is 0 Å². The smallest absolute Gasteiger partial charge is 0.338 e. The lowest BCUT2D eigenvalue weighted by Crippen LogP contribution is -2.38. The Morgan fingerprint density at radius 3 is 2.81 bits per heavy atom. The first-order valence-corrected chi connectivity index (χ1v) is 12.1. The number of furan rings is 1. The lowest BCUT2D eigenvalue weighted by Gasteiger charge is -2.36. The van der Waals surface area contributed by atoms with Gasteiger partial charge in [0.2, 0.25) is 5.91 Å². The second-order valence-corrected chi connectivity index (χ2v) is 8.76. The van der Waals surface area contributed by atoms with E-state index in [4.69, 9.17) is 18.6 Å².